The molecule has 1 saturated heterocycles. The number of hydrogen-bond acceptors (Lipinski definition) is 2. The van der Waals surface area contributed by atoms with E-state index in [1.807, 2.05) is 0 Å². The Bertz CT molecular complexity index is 193. The monoisotopic (exact) mass is 238 g/mol. The maximum Gasteiger partial charge on any atom is 0.00219 e. The van der Waals surface area contributed by atoms with Crippen LogP contribution in [0.25, 0.3) is 0 Å². The fourth-order valence-electron chi connectivity index (χ4n) is 3.58. The highest BCUT2D eigenvalue weighted by Crippen LogP contribution is 2.26. The standard InChI is InChI=1S/C15H30N2/c1-2-10-17(12-14-6-3-4-7-14)13-15-8-5-9-16-11-15/h14-16H,2-13H2,1H3. The predicted octanol–water partition coefficient (Wildman–Crippen LogP) is 2.89. The average molecular weight is 238 g/mol. The highest BCUT2D eigenvalue weighted by Gasteiger charge is 2.21. The SMILES string of the molecule is CCCN(CC1CCCC1)CC1CCCNC1. The molecule has 1 saturated carbocycles. The van der Waals surface area contributed by atoms with Gasteiger partial charge in [-0.2, -0.15) is 0 Å². The third-order valence-corrected chi connectivity index (χ3v) is 4.45. The molecule has 1 aliphatic carbocycles. The smallest absolute Gasteiger partial charge is 0.00219 e. The zero-order chi connectivity index (χ0) is 11.9. The maximum atomic E-state index is 3.55. The van der Waals surface area contributed by atoms with Crippen molar-refractivity contribution < 1.29 is 0 Å². The van der Waals surface area contributed by atoms with Gasteiger partial charge in [0.15, 0.2) is 0 Å². The van der Waals surface area contributed by atoms with Gasteiger partial charge in [0.25, 0.3) is 0 Å². The average Bonchev–Trinajstić information content (AvgIpc) is 2.83. The first-order chi connectivity index (χ1) is 8.38. The molecule has 2 fully saturated rings. The van der Waals surface area contributed by atoms with Crippen molar-refractivity contribution in [1.82, 2.24) is 10.2 Å². The first-order valence-electron chi connectivity index (χ1n) is 7.81. The second-order valence-electron chi connectivity index (χ2n) is 6.12. The van der Waals surface area contributed by atoms with Crippen molar-refractivity contribution in [2.45, 2.75) is 51.9 Å². The highest BCUT2D eigenvalue weighted by atomic mass is 15.1. The van der Waals surface area contributed by atoms with E-state index in [0.717, 1.165) is 11.8 Å². The van der Waals surface area contributed by atoms with E-state index in [1.165, 1.54) is 77.7 Å². The number of hydrogen-bond donors (Lipinski definition) is 1. The summed E-state index contributed by atoms with van der Waals surface area (Å²) in [6, 6.07) is 0. The van der Waals surface area contributed by atoms with Crippen molar-refractivity contribution in [1.29, 1.82) is 0 Å². The molecule has 17 heavy (non-hydrogen) atoms. The van der Waals surface area contributed by atoms with Crippen LogP contribution < -0.4 is 5.32 Å². The van der Waals surface area contributed by atoms with Gasteiger partial charge in [-0.3, -0.25) is 0 Å². The van der Waals surface area contributed by atoms with Crippen LogP contribution in [0.5, 0.6) is 0 Å². The van der Waals surface area contributed by atoms with Crippen LogP contribution in [-0.2, 0) is 0 Å². The van der Waals surface area contributed by atoms with E-state index in [0.29, 0.717) is 0 Å². The Labute approximate surface area is 107 Å². The third-order valence-electron chi connectivity index (χ3n) is 4.45. The molecule has 0 spiro atoms. The van der Waals surface area contributed by atoms with Crippen molar-refractivity contribution in [3.8, 4) is 0 Å². The van der Waals surface area contributed by atoms with Crippen LogP contribution in [0.2, 0.25) is 0 Å². The van der Waals surface area contributed by atoms with E-state index in [-0.39, 0.29) is 0 Å². The van der Waals surface area contributed by atoms with Crippen LogP contribution >= 0.6 is 0 Å². The molecule has 0 bridgehead atoms. The molecule has 1 unspecified atom stereocenters. The summed E-state index contributed by atoms with van der Waals surface area (Å²) in [5.74, 6) is 1.93. The third kappa shape index (κ3) is 4.59. The van der Waals surface area contributed by atoms with Gasteiger partial charge in [-0.1, -0.05) is 19.8 Å². The first kappa shape index (κ1) is 13.4. The molecule has 0 amide bonds. The molecule has 2 aliphatic rings. The van der Waals surface area contributed by atoms with E-state index < -0.39 is 0 Å². The van der Waals surface area contributed by atoms with Crippen molar-refractivity contribution >= 4 is 0 Å². The van der Waals surface area contributed by atoms with Crippen LogP contribution in [0.4, 0.5) is 0 Å². The maximum absolute atomic E-state index is 3.55. The van der Waals surface area contributed by atoms with Gasteiger partial charge in [0.1, 0.15) is 0 Å². The second kappa shape index (κ2) is 7.38. The molecule has 2 rings (SSSR count). The Morgan fingerprint density at radius 2 is 1.71 bits per heavy atom. The molecule has 0 aromatic carbocycles. The lowest BCUT2D eigenvalue weighted by atomic mass is 9.98. The first-order valence-corrected chi connectivity index (χ1v) is 7.81. The van der Waals surface area contributed by atoms with E-state index in [4.69, 9.17) is 0 Å². The van der Waals surface area contributed by atoms with E-state index in [1.54, 1.807) is 0 Å². The minimum Gasteiger partial charge on any atom is -0.316 e. The van der Waals surface area contributed by atoms with Gasteiger partial charge in [-0.25, -0.2) is 0 Å². The summed E-state index contributed by atoms with van der Waals surface area (Å²) >= 11 is 0. The lowest BCUT2D eigenvalue weighted by molar-refractivity contribution is 0.182. The molecular formula is C15H30N2. The Hall–Kier alpha value is -0.0800. The van der Waals surface area contributed by atoms with Crippen LogP contribution in [0, 0.1) is 11.8 Å². The Kier molecular flexibility index (Phi) is 5.79. The normalized spacial score (nSPS) is 26.8. The molecule has 1 atom stereocenters. The van der Waals surface area contributed by atoms with Crippen molar-refractivity contribution in [2.75, 3.05) is 32.7 Å². The summed E-state index contributed by atoms with van der Waals surface area (Å²) in [5, 5.41) is 3.55. The van der Waals surface area contributed by atoms with Crippen LogP contribution in [0.15, 0.2) is 0 Å². The minimum absolute atomic E-state index is 0.914. The Morgan fingerprint density at radius 3 is 2.35 bits per heavy atom. The number of nitrogens with one attached hydrogen (secondary N) is 1. The Balaban J connectivity index is 1.74. The van der Waals surface area contributed by atoms with Crippen molar-refractivity contribution in [2.24, 2.45) is 11.8 Å². The molecule has 0 radical (unpaired) electrons. The summed E-state index contributed by atoms with van der Waals surface area (Å²) in [5.41, 5.74) is 0. The summed E-state index contributed by atoms with van der Waals surface area (Å²) < 4.78 is 0. The highest BCUT2D eigenvalue weighted by molar-refractivity contribution is 4.76. The van der Waals surface area contributed by atoms with E-state index >= 15 is 0 Å². The van der Waals surface area contributed by atoms with Gasteiger partial charge >= 0.3 is 0 Å². The van der Waals surface area contributed by atoms with Gasteiger partial charge in [-0.05, 0) is 63.6 Å². The molecule has 100 valence electrons. The molecule has 1 N–H and O–H groups in total. The van der Waals surface area contributed by atoms with E-state index in [9.17, 15) is 0 Å². The summed E-state index contributed by atoms with van der Waals surface area (Å²) in [4.78, 5) is 2.76. The molecular weight excluding hydrogens is 208 g/mol. The lowest BCUT2D eigenvalue weighted by Gasteiger charge is -2.31. The predicted molar refractivity (Wildman–Crippen MR) is 74.3 cm³/mol. The molecule has 0 aromatic rings. The zero-order valence-electron chi connectivity index (χ0n) is 11.6. The van der Waals surface area contributed by atoms with Crippen LogP contribution in [-0.4, -0.2) is 37.6 Å². The minimum atomic E-state index is 0.914. The number of piperidine rings is 1. The van der Waals surface area contributed by atoms with Crippen molar-refractivity contribution in [3.05, 3.63) is 0 Å². The van der Waals surface area contributed by atoms with Crippen LogP contribution in [0.1, 0.15) is 51.9 Å². The zero-order valence-corrected chi connectivity index (χ0v) is 11.6. The summed E-state index contributed by atoms with van der Waals surface area (Å²) in [6.45, 7) is 8.85. The largest absolute Gasteiger partial charge is 0.316 e. The lowest BCUT2D eigenvalue weighted by Crippen LogP contribution is -2.40. The van der Waals surface area contributed by atoms with Gasteiger partial charge in [0.05, 0.1) is 0 Å². The summed E-state index contributed by atoms with van der Waals surface area (Å²) in [7, 11) is 0. The molecule has 2 nitrogen and oxygen atoms in total. The van der Waals surface area contributed by atoms with Gasteiger partial charge in [0.2, 0.25) is 0 Å². The molecule has 0 aromatic heterocycles. The molecule has 1 heterocycles. The van der Waals surface area contributed by atoms with Crippen molar-refractivity contribution in [3.63, 3.8) is 0 Å². The fraction of sp³-hybridized carbons (Fsp3) is 1.00. The summed E-state index contributed by atoms with van der Waals surface area (Å²) in [6.07, 6.45) is 10.1. The topological polar surface area (TPSA) is 15.3 Å². The van der Waals surface area contributed by atoms with Gasteiger partial charge < -0.3 is 10.2 Å². The number of rotatable bonds is 6. The number of nitrogens with zero attached hydrogens (tertiary/aromatic N) is 1. The molecule has 2 heteroatoms. The Morgan fingerprint density at radius 1 is 1.00 bits per heavy atom. The fourth-order valence-corrected chi connectivity index (χ4v) is 3.58. The van der Waals surface area contributed by atoms with Crippen LogP contribution in [0.3, 0.4) is 0 Å². The quantitative estimate of drug-likeness (QED) is 0.765. The second-order valence-corrected chi connectivity index (χ2v) is 6.12. The van der Waals surface area contributed by atoms with E-state index in [2.05, 4.69) is 17.1 Å². The van der Waals surface area contributed by atoms with Gasteiger partial charge in [0, 0.05) is 13.1 Å². The molecule has 1 aliphatic heterocycles. The van der Waals surface area contributed by atoms with Gasteiger partial charge in [-0.15, -0.1) is 0 Å².